The Morgan fingerprint density at radius 2 is 2.14 bits per heavy atom. The highest BCUT2D eigenvalue weighted by atomic mass is 35.5. The molecule has 3 aromatic rings. The zero-order valence-electron chi connectivity index (χ0n) is 14.2. The number of non-ortho nitro benzene ring substituents is 1. The van der Waals surface area contributed by atoms with Gasteiger partial charge in [-0.1, -0.05) is 11.6 Å². The van der Waals surface area contributed by atoms with Crippen LogP contribution in [0.4, 0.5) is 11.4 Å². The molecule has 0 aliphatic carbocycles. The van der Waals surface area contributed by atoms with E-state index < -0.39 is 23.4 Å². The molecule has 0 saturated carbocycles. The van der Waals surface area contributed by atoms with E-state index in [0.29, 0.717) is 12.3 Å². The first-order chi connectivity index (χ1) is 13.4. The van der Waals surface area contributed by atoms with Gasteiger partial charge < -0.3 is 14.5 Å². The summed E-state index contributed by atoms with van der Waals surface area (Å²) in [6.45, 7) is -0.279. The lowest BCUT2D eigenvalue weighted by molar-refractivity contribution is -0.384. The van der Waals surface area contributed by atoms with Crippen molar-refractivity contribution in [3.8, 4) is 0 Å². The number of nitro groups is 1. The van der Waals surface area contributed by atoms with Crippen LogP contribution < -0.4 is 5.32 Å². The van der Waals surface area contributed by atoms with E-state index >= 15 is 0 Å². The van der Waals surface area contributed by atoms with Crippen LogP contribution in [0, 0.1) is 10.1 Å². The van der Waals surface area contributed by atoms with Crippen molar-refractivity contribution in [2.75, 3.05) is 11.9 Å². The maximum atomic E-state index is 12.0. The van der Waals surface area contributed by atoms with Gasteiger partial charge in [-0.25, -0.2) is 4.79 Å². The molecule has 1 aromatic carbocycles. The van der Waals surface area contributed by atoms with Crippen molar-refractivity contribution in [2.45, 2.75) is 6.54 Å². The number of nitrogens with one attached hydrogen (secondary N) is 1. The summed E-state index contributed by atoms with van der Waals surface area (Å²) in [7, 11) is 0. The van der Waals surface area contributed by atoms with Gasteiger partial charge in [-0.2, -0.15) is 5.10 Å². The van der Waals surface area contributed by atoms with Gasteiger partial charge in [0, 0.05) is 24.5 Å². The van der Waals surface area contributed by atoms with Crippen LogP contribution in [0.25, 0.3) is 0 Å². The quantitative estimate of drug-likeness (QED) is 0.364. The van der Waals surface area contributed by atoms with Crippen LogP contribution in [0.15, 0.2) is 53.2 Å². The third-order valence-electron chi connectivity index (χ3n) is 3.51. The summed E-state index contributed by atoms with van der Waals surface area (Å²) in [5.41, 5.74) is -0.201. The maximum absolute atomic E-state index is 12.0. The number of rotatable bonds is 7. The molecule has 0 bridgehead atoms. The van der Waals surface area contributed by atoms with E-state index in [2.05, 4.69) is 10.4 Å². The summed E-state index contributed by atoms with van der Waals surface area (Å²) in [5.74, 6) is -1.11. The fourth-order valence-electron chi connectivity index (χ4n) is 2.24. The molecule has 0 aliphatic rings. The molecule has 10 nitrogen and oxygen atoms in total. The Labute approximate surface area is 162 Å². The number of carbonyl (C=O) groups is 2. The number of hydrogen-bond donors (Lipinski definition) is 1. The van der Waals surface area contributed by atoms with Crippen LogP contribution >= 0.6 is 11.6 Å². The van der Waals surface area contributed by atoms with Gasteiger partial charge in [0.25, 0.3) is 11.6 Å². The molecule has 0 saturated heterocycles. The molecular formula is C17H13ClN4O6. The summed E-state index contributed by atoms with van der Waals surface area (Å²) in [4.78, 5) is 34.1. The Hall–Kier alpha value is -3.66. The Kier molecular flexibility index (Phi) is 5.70. The fourth-order valence-corrected chi connectivity index (χ4v) is 2.40. The number of amides is 1. The van der Waals surface area contributed by atoms with Crippen molar-refractivity contribution in [1.82, 2.24) is 9.78 Å². The highest BCUT2D eigenvalue weighted by Gasteiger charge is 2.17. The Balaban J connectivity index is 1.55. The summed E-state index contributed by atoms with van der Waals surface area (Å²) in [6, 6.07) is 8.37. The van der Waals surface area contributed by atoms with Gasteiger partial charge >= 0.3 is 5.97 Å². The molecule has 0 atom stereocenters. The van der Waals surface area contributed by atoms with E-state index in [-0.39, 0.29) is 22.2 Å². The summed E-state index contributed by atoms with van der Waals surface area (Å²) in [6.07, 6.45) is 3.36. The molecule has 11 heteroatoms. The minimum absolute atomic E-state index is 0.0384. The number of benzene rings is 1. The van der Waals surface area contributed by atoms with Crippen molar-refractivity contribution in [3.63, 3.8) is 0 Å². The Morgan fingerprint density at radius 1 is 1.32 bits per heavy atom. The maximum Gasteiger partial charge on any atom is 0.374 e. The van der Waals surface area contributed by atoms with Gasteiger partial charge in [0.2, 0.25) is 5.76 Å². The van der Waals surface area contributed by atoms with E-state index in [1.165, 1.54) is 18.2 Å². The van der Waals surface area contributed by atoms with E-state index in [1.54, 1.807) is 29.2 Å². The predicted molar refractivity (Wildman–Crippen MR) is 97.1 cm³/mol. The molecule has 0 spiro atoms. The molecule has 28 heavy (non-hydrogen) atoms. The lowest BCUT2D eigenvalue weighted by atomic mass is 10.3. The highest BCUT2D eigenvalue weighted by molar-refractivity contribution is 6.33. The average Bonchev–Trinajstić information content (AvgIpc) is 3.34. The minimum atomic E-state index is -0.827. The summed E-state index contributed by atoms with van der Waals surface area (Å²) < 4.78 is 11.9. The second-order valence-corrected chi connectivity index (χ2v) is 5.92. The van der Waals surface area contributed by atoms with Crippen LogP contribution in [0.2, 0.25) is 5.02 Å². The lowest BCUT2D eigenvalue weighted by Crippen LogP contribution is -2.21. The van der Waals surface area contributed by atoms with Crippen molar-refractivity contribution in [1.29, 1.82) is 0 Å². The minimum Gasteiger partial charge on any atom is -0.452 e. The second-order valence-electron chi connectivity index (χ2n) is 5.52. The lowest BCUT2D eigenvalue weighted by Gasteiger charge is -2.07. The molecule has 0 radical (unpaired) electrons. The number of hydrogen-bond acceptors (Lipinski definition) is 7. The Morgan fingerprint density at radius 3 is 2.86 bits per heavy atom. The van der Waals surface area contributed by atoms with Crippen molar-refractivity contribution >= 4 is 34.9 Å². The zero-order valence-corrected chi connectivity index (χ0v) is 15.0. The van der Waals surface area contributed by atoms with E-state index in [4.69, 9.17) is 20.8 Å². The summed E-state index contributed by atoms with van der Waals surface area (Å²) >= 11 is 5.90. The van der Waals surface area contributed by atoms with E-state index in [0.717, 1.165) is 6.07 Å². The number of esters is 1. The standard InChI is InChI=1S/C17H13ClN4O6/c18-13-4-2-11(22(25)26)8-14(13)20-16(23)10-27-17(24)15-5-3-12(28-15)9-21-7-1-6-19-21/h1-8H,9-10H2,(H,20,23). The fraction of sp³-hybridized carbons (Fsp3) is 0.118. The van der Waals surface area contributed by atoms with Crippen LogP contribution in [0.3, 0.4) is 0 Å². The normalized spacial score (nSPS) is 10.5. The number of anilines is 1. The van der Waals surface area contributed by atoms with Crippen LogP contribution in [-0.4, -0.2) is 33.2 Å². The Bertz CT molecular complexity index is 1010. The van der Waals surface area contributed by atoms with Gasteiger partial charge in [-0.05, 0) is 24.3 Å². The molecule has 2 heterocycles. The van der Waals surface area contributed by atoms with Gasteiger partial charge in [-0.3, -0.25) is 19.6 Å². The van der Waals surface area contributed by atoms with E-state index in [9.17, 15) is 19.7 Å². The topological polar surface area (TPSA) is 130 Å². The van der Waals surface area contributed by atoms with Gasteiger partial charge in [0.1, 0.15) is 5.76 Å². The van der Waals surface area contributed by atoms with Crippen molar-refractivity contribution < 1.29 is 23.7 Å². The van der Waals surface area contributed by atoms with Crippen LogP contribution in [-0.2, 0) is 16.1 Å². The molecule has 0 aliphatic heterocycles. The SMILES string of the molecule is O=C(COC(=O)c1ccc(Cn2cccn2)o1)Nc1cc([N+](=O)[O-])ccc1Cl. The number of nitrogens with zero attached hydrogens (tertiary/aromatic N) is 3. The predicted octanol–water partition coefficient (Wildman–Crippen LogP) is 2.88. The first-order valence-electron chi connectivity index (χ1n) is 7.89. The first kappa shape index (κ1) is 19.1. The van der Waals surface area contributed by atoms with Crippen molar-refractivity contribution in [3.05, 3.63) is 75.4 Å². The number of nitro benzene ring substituents is 1. The summed E-state index contributed by atoms with van der Waals surface area (Å²) in [5, 5.41) is 17.3. The molecule has 0 fully saturated rings. The molecule has 1 N–H and O–H groups in total. The molecule has 1 amide bonds. The number of halogens is 1. The van der Waals surface area contributed by atoms with Crippen LogP contribution in [0.1, 0.15) is 16.3 Å². The third kappa shape index (κ3) is 4.74. The van der Waals surface area contributed by atoms with E-state index in [1.807, 2.05) is 0 Å². The monoisotopic (exact) mass is 404 g/mol. The highest BCUT2D eigenvalue weighted by Crippen LogP contribution is 2.26. The number of aromatic nitrogens is 2. The van der Waals surface area contributed by atoms with Gasteiger partial charge in [0.05, 0.1) is 22.2 Å². The van der Waals surface area contributed by atoms with Gasteiger partial charge in [0.15, 0.2) is 6.61 Å². The smallest absolute Gasteiger partial charge is 0.374 e. The molecular weight excluding hydrogens is 392 g/mol. The first-order valence-corrected chi connectivity index (χ1v) is 8.27. The average molecular weight is 405 g/mol. The largest absolute Gasteiger partial charge is 0.452 e. The number of ether oxygens (including phenoxy) is 1. The van der Waals surface area contributed by atoms with Crippen molar-refractivity contribution in [2.24, 2.45) is 0 Å². The zero-order chi connectivity index (χ0) is 20.1. The number of furan rings is 1. The van der Waals surface area contributed by atoms with Crippen LogP contribution in [0.5, 0.6) is 0 Å². The second kappa shape index (κ2) is 8.35. The molecule has 144 valence electrons. The molecule has 2 aromatic heterocycles. The molecule has 3 rings (SSSR count). The van der Waals surface area contributed by atoms with Gasteiger partial charge in [-0.15, -0.1) is 0 Å². The number of carbonyl (C=O) groups excluding carboxylic acids is 2. The third-order valence-corrected chi connectivity index (χ3v) is 3.84. The molecule has 0 unspecified atom stereocenters.